The molecule has 0 saturated heterocycles. The number of nitrogens with one attached hydrogen (secondary N) is 2. The van der Waals surface area contributed by atoms with E-state index < -0.39 is 0 Å². The Bertz CT molecular complexity index is 440. The van der Waals surface area contributed by atoms with Gasteiger partial charge in [0.2, 0.25) is 0 Å². The quantitative estimate of drug-likeness (QED) is 0.725. The van der Waals surface area contributed by atoms with Gasteiger partial charge < -0.3 is 15.4 Å². The standard InChI is InChI=1S/C14H22ClN3O2/c1-4-6-16-13-8-11(7-12(15)18-13)14(19)17-10(3)9-20-5-2/h7-8,10H,4-6,9H2,1-3H3,(H,16,18)(H,17,19). The number of carbonyl (C=O) groups excluding carboxylic acids is 1. The highest BCUT2D eigenvalue weighted by Crippen LogP contribution is 2.14. The average Bonchev–Trinajstić information content (AvgIpc) is 2.42. The van der Waals surface area contributed by atoms with Crippen LogP contribution in [0.1, 0.15) is 37.6 Å². The summed E-state index contributed by atoms with van der Waals surface area (Å²) in [6.45, 7) is 7.78. The lowest BCUT2D eigenvalue weighted by molar-refractivity contribution is 0.0872. The van der Waals surface area contributed by atoms with E-state index in [4.69, 9.17) is 16.3 Å². The van der Waals surface area contributed by atoms with E-state index in [0.29, 0.717) is 29.7 Å². The Labute approximate surface area is 125 Å². The fourth-order valence-corrected chi connectivity index (χ4v) is 1.82. The molecule has 1 unspecified atom stereocenters. The predicted octanol–water partition coefficient (Wildman–Crippen LogP) is 2.71. The van der Waals surface area contributed by atoms with Crippen molar-refractivity contribution in [1.82, 2.24) is 10.3 Å². The Morgan fingerprint density at radius 3 is 2.85 bits per heavy atom. The number of carbonyl (C=O) groups is 1. The molecule has 6 heteroatoms. The van der Waals surface area contributed by atoms with Gasteiger partial charge in [-0.3, -0.25) is 4.79 Å². The first-order valence-corrected chi connectivity index (χ1v) is 7.24. The van der Waals surface area contributed by atoms with Crippen LogP contribution in [-0.4, -0.2) is 36.7 Å². The van der Waals surface area contributed by atoms with Crippen molar-refractivity contribution in [3.63, 3.8) is 0 Å². The molecule has 20 heavy (non-hydrogen) atoms. The van der Waals surface area contributed by atoms with E-state index in [9.17, 15) is 4.79 Å². The zero-order chi connectivity index (χ0) is 15.0. The van der Waals surface area contributed by atoms with Gasteiger partial charge in [-0.05, 0) is 32.4 Å². The molecule has 0 saturated carbocycles. The van der Waals surface area contributed by atoms with E-state index in [0.717, 1.165) is 13.0 Å². The van der Waals surface area contributed by atoms with Crippen LogP contribution >= 0.6 is 11.6 Å². The first kappa shape index (κ1) is 16.7. The van der Waals surface area contributed by atoms with Gasteiger partial charge in [-0.25, -0.2) is 4.98 Å². The minimum Gasteiger partial charge on any atom is -0.380 e. The van der Waals surface area contributed by atoms with Gasteiger partial charge in [0.1, 0.15) is 11.0 Å². The van der Waals surface area contributed by atoms with Crippen LogP contribution in [0.2, 0.25) is 5.15 Å². The Morgan fingerprint density at radius 2 is 2.20 bits per heavy atom. The van der Waals surface area contributed by atoms with Crippen LogP contribution in [0.3, 0.4) is 0 Å². The second-order valence-corrected chi connectivity index (χ2v) is 4.91. The highest BCUT2D eigenvalue weighted by atomic mass is 35.5. The van der Waals surface area contributed by atoms with Crippen LogP contribution < -0.4 is 10.6 Å². The van der Waals surface area contributed by atoms with Crippen LogP contribution in [0.5, 0.6) is 0 Å². The fourth-order valence-electron chi connectivity index (χ4n) is 1.62. The molecule has 5 nitrogen and oxygen atoms in total. The number of amides is 1. The number of hydrogen-bond donors (Lipinski definition) is 2. The molecule has 0 radical (unpaired) electrons. The largest absolute Gasteiger partial charge is 0.380 e. The molecule has 1 aromatic rings. The lowest BCUT2D eigenvalue weighted by Crippen LogP contribution is -2.36. The van der Waals surface area contributed by atoms with E-state index in [2.05, 4.69) is 22.5 Å². The highest BCUT2D eigenvalue weighted by Gasteiger charge is 2.12. The average molecular weight is 300 g/mol. The molecule has 0 aliphatic carbocycles. The Balaban J connectivity index is 2.69. The molecule has 0 bridgehead atoms. The summed E-state index contributed by atoms with van der Waals surface area (Å²) in [5.41, 5.74) is 0.493. The van der Waals surface area contributed by atoms with Crippen LogP contribution in [0.4, 0.5) is 5.82 Å². The van der Waals surface area contributed by atoms with Gasteiger partial charge in [-0.1, -0.05) is 18.5 Å². The third kappa shape index (κ3) is 5.75. The zero-order valence-electron chi connectivity index (χ0n) is 12.2. The lowest BCUT2D eigenvalue weighted by atomic mass is 10.2. The molecule has 2 N–H and O–H groups in total. The molecule has 1 atom stereocenters. The SMILES string of the molecule is CCCNc1cc(C(=O)NC(C)COCC)cc(Cl)n1. The minimum absolute atomic E-state index is 0.0542. The number of pyridine rings is 1. The first-order valence-electron chi connectivity index (χ1n) is 6.86. The van der Waals surface area contributed by atoms with E-state index in [1.807, 2.05) is 13.8 Å². The smallest absolute Gasteiger partial charge is 0.251 e. The second-order valence-electron chi connectivity index (χ2n) is 4.52. The molecule has 0 aliphatic rings. The normalized spacial score (nSPS) is 12.0. The zero-order valence-corrected chi connectivity index (χ0v) is 13.0. The molecular weight excluding hydrogens is 278 g/mol. The van der Waals surface area contributed by atoms with Crippen molar-refractivity contribution in [3.8, 4) is 0 Å². The van der Waals surface area contributed by atoms with Gasteiger partial charge in [0.15, 0.2) is 0 Å². The van der Waals surface area contributed by atoms with Crippen molar-refractivity contribution >= 4 is 23.3 Å². The third-order valence-electron chi connectivity index (χ3n) is 2.56. The van der Waals surface area contributed by atoms with Gasteiger partial charge in [-0.2, -0.15) is 0 Å². The summed E-state index contributed by atoms with van der Waals surface area (Å²) >= 11 is 5.94. The van der Waals surface area contributed by atoms with Gasteiger partial charge >= 0.3 is 0 Å². The number of ether oxygens (including phenoxy) is 1. The topological polar surface area (TPSA) is 63.2 Å². The van der Waals surface area contributed by atoms with Gasteiger partial charge in [0, 0.05) is 24.8 Å². The van der Waals surface area contributed by atoms with Crippen LogP contribution in [-0.2, 0) is 4.74 Å². The summed E-state index contributed by atoms with van der Waals surface area (Å²) < 4.78 is 5.27. The molecule has 0 aliphatic heterocycles. The molecule has 0 fully saturated rings. The molecule has 1 amide bonds. The summed E-state index contributed by atoms with van der Waals surface area (Å²) in [5.74, 6) is 0.433. The minimum atomic E-state index is -0.180. The highest BCUT2D eigenvalue weighted by molar-refractivity contribution is 6.29. The summed E-state index contributed by atoms with van der Waals surface area (Å²) in [5, 5.41) is 6.28. The van der Waals surface area contributed by atoms with E-state index in [1.165, 1.54) is 0 Å². The number of aromatic nitrogens is 1. The maximum absolute atomic E-state index is 12.1. The molecule has 0 aromatic carbocycles. The van der Waals surface area contributed by atoms with Crippen molar-refractivity contribution in [2.24, 2.45) is 0 Å². The van der Waals surface area contributed by atoms with E-state index in [-0.39, 0.29) is 11.9 Å². The Morgan fingerprint density at radius 1 is 1.45 bits per heavy atom. The lowest BCUT2D eigenvalue weighted by Gasteiger charge is -2.14. The van der Waals surface area contributed by atoms with Crippen LogP contribution in [0.15, 0.2) is 12.1 Å². The summed E-state index contributed by atoms with van der Waals surface area (Å²) in [4.78, 5) is 16.2. The number of anilines is 1. The maximum atomic E-state index is 12.1. The monoisotopic (exact) mass is 299 g/mol. The molecule has 0 spiro atoms. The third-order valence-corrected chi connectivity index (χ3v) is 2.76. The molecular formula is C14H22ClN3O2. The molecule has 1 rings (SSSR count). The number of rotatable bonds is 8. The van der Waals surface area contributed by atoms with Crippen molar-refractivity contribution in [2.45, 2.75) is 33.2 Å². The predicted molar refractivity (Wildman–Crippen MR) is 81.4 cm³/mol. The van der Waals surface area contributed by atoms with Crippen molar-refractivity contribution in [3.05, 3.63) is 22.8 Å². The first-order chi connectivity index (χ1) is 9.56. The Kier molecular flexibility index (Phi) is 7.33. The number of halogens is 1. The van der Waals surface area contributed by atoms with Crippen LogP contribution in [0.25, 0.3) is 0 Å². The van der Waals surface area contributed by atoms with Crippen LogP contribution in [0, 0.1) is 0 Å². The molecule has 1 aromatic heterocycles. The van der Waals surface area contributed by atoms with Gasteiger partial charge in [0.25, 0.3) is 5.91 Å². The second kappa shape index (κ2) is 8.76. The Hall–Kier alpha value is -1.33. The fraction of sp³-hybridized carbons (Fsp3) is 0.571. The van der Waals surface area contributed by atoms with Gasteiger partial charge in [-0.15, -0.1) is 0 Å². The summed E-state index contributed by atoms with van der Waals surface area (Å²) in [6.07, 6.45) is 0.973. The summed E-state index contributed by atoms with van der Waals surface area (Å²) in [6, 6.07) is 3.20. The van der Waals surface area contributed by atoms with Gasteiger partial charge in [0.05, 0.1) is 6.61 Å². The summed E-state index contributed by atoms with van der Waals surface area (Å²) in [7, 11) is 0. The maximum Gasteiger partial charge on any atom is 0.251 e. The van der Waals surface area contributed by atoms with E-state index in [1.54, 1.807) is 12.1 Å². The van der Waals surface area contributed by atoms with Crippen molar-refractivity contribution in [1.29, 1.82) is 0 Å². The number of hydrogen-bond acceptors (Lipinski definition) is 4. The molecule has 1 heterocycles. The van der Waals surface area contributed by atoms with E-state index >= 15 is 0 Å². The number of nitrogens with zero attached hydrogens (tertiary/aromatic N) is 1. The van der Waals surface area contributed by atoms with Crippen molar-refractivity contribution < 1.29 is 9.53 Å². The van der Waals surface area contributed by atoms with Crippen molar-refractivity contribution in [2.75, 3.05) is 25.1 Å². The molecule has 112 valence electrons.